The van der Waals surface area contributed by atoms with Crippen LogP contribution in [0.15, 0.2) is 0 Å². The lowest BCUT2D eigenvalue weighted by atomic mass is 9.84. The maximum absolute atomic E-state index is 6.24. The first-order valence-corrected chi connectivity index (χ1v) is 9.24. The third-order valence-electron chi connectivity index (χ3n) is 5.34. The Hall–Kier alpha value is 0.190. The Labute approximate surface area is 127 Å². The molecule has 3 saturated heterocycles. The van der Waals surface area contributed by atoms with E-state index in [0.717, 1.165) is 19.7 Å². The summed E-state index contributed by atoms with van der Waals surface area (Å²) >= 11 is 2.08. The van der Waals surface area contributed by atoms with Gasteiger partial charge < -0.3 is 15.4 Å². The van der Waals surface area contributed by atoms with Crippen LogP contribution >= 0.6 is 11.8 Å². The highest BCUT2D eigenvalue weighted by molar-refractivity contribution is 7.99. The van der Waals surface area contributed by atoms with Crippen LogP contribution in [0.1, 0.15) is 25.7 Å². The van der Waals surface area contributed by atoms with Gasteiger partial charge in [0.2, 0.25) is 0 Å². The van der Waals surface area contributed by atoms with Gasteiger partial charge in [-0.25, -0.2) is 0 Å². The highest BCUT2D eigenvalue weighted by Gasteiger charge is 2.42. The summed E-state index contributed by atoms with van der Waals surface area (Å²) in [7, 11) is 2.21. The summed E-state index contributed by atoms with van der Waals surface area (Å²) in [5.74, 6) is 2.55. The van der Waals surface area contributed by atoms with Crippen molar-refractivity contribution < 1.29 is 4.74 Å². The molecule has 0 radical (unpaired) electrons. The van der Waals surface area contributed by atoms with E-state index in [4.69, 9.17) is 10.5 Å². The maximum atomic E-state index is 6.24. The second kappa shape index (κ2) is 6.53. The zero-order chi connectivity index (χ0) is 14.0. The Kier molecular flexibility index (Phi) is 4.93. The first kappa shape index (κ1) is 15.1. The molecule has 3 rings (SSSR count). The highest BCUT2D eigenvalue weighted by Crippen LogP contribution is 2.39. The van der Waals surface area contributed by atoms with Crippen LogP contribution in [-0.2, 0) is 4.74 Å². The van der Waals surface area contributed by atoms with Crippen molar-refractivity contribution in [3.8, 4) is 0 Å². The van der Waals surface area contributed by atoms with E-state index >= 15 is 0 Å². The Morgan fingerprint density at radius 3 is 2.85 bits per heavy atom. The van der Waals surface area contributed by atoms with Crippen molar-refractivity contribution in [2.75, 3.05) is 51.3 Å². The molecular formula is C15H29N3OS. The van der Waals surface area contributed by atoms with Crippen molar-refractivity contribution in [3.63, 3.8) is 0 Å². The number of rotatable bonds is 2. The summed E-state index contributed by atoms with van der Waals surface area (Å²) in [4.78, 5) is 5.12. The number of ether oxygens (including phenoxy) is 1. The SMILES string of the molecule is CN1CCN(C2CCOC3(CCSCC3)C2)C(CN)C1. The van der Waals surface area contributed by atoms with Gasteiger partial charge in [-0.15, -0.1) is 0 Å². The van der Waals surface area contributed by atoms with Crippen LogP contribution in [0.2, 0.25) is 0 Å². The van der Waals surface area contributed by atoms with Crippen molar-refractivity contribution >= 4 is 11.8 Å². The largest absolute Gasteiger partial charge is 0.375 e. The van der Waals surface area contributed by atoms with Crippen molar-refractivity contribution in [1.82, 2.24) is 9.80 Å². The molecule has 0 bridgehead atoms. The number of nitrogens with two attached hydrogens (primary N) is 1. The molecule has 3 heterocycles. The van der Waals surface area contributed by atoms with Gasteiger partial charge in [0.25, 0.3) is 0 Å². The molecule has 2 unspecified atom stereocenters. The molecule has 0 aromatic rings. The van der Waals surface area contributed by atoms with Gasteiger partial charge in [0.1, 0.15) is 0 Å². The number of piperazine rings is 1. The topological polar surface area (TPSA) is 41.7 Å². The molecule has 2 N–H and O–H groups in total. The minimum absolute atomic E-state index is 0.191. The first-order valence-electron chi connectivity index (χ1n) is 8.08. The molecule has 116 valence electrons. The highest BCUT2D eigenvalue weighted by atomic mass is 32.2. The molecule has 0 aromatic carbocycles. The fourth-order valence-corrected chi connectivity index (χ4v) is 5.33. The van der Waals surface area contributed by atoms with Crippen LogP contribution in [0, 0.1) is 0 Å². The zero-order valence-corrected chi connectivity index (χ0v) is 13.5. The molecule has 3 fully saturated rings. The summed E-state index contributed by atoms with van der Waals surface area (Å²) in [5.41, 5.74) is 6.22. The Morgan fingerprint density at radius 2 is 2.10 bits per heavy atom. The van der Waals surface area contributed by atoms with Gasteiger partial charge in [-0.1, -0.05) is 0 Å². The lowest BCUT2D eigenvalue weighted by Crippen LogP contribution is -2.61. The molecule has 20 heavy (non-hydrogen) atoms. The van der Waals surface area contributed by atoms with Crippen LogP contribution in [-0.4, -0.2) is 78.8 Å². The minimum atomic E-state index is 0.191. The quantitative estimate of drug-likeness (QED) is 0.824. The van der Waals surface area contributed by atoms with Crippen molar-refractivity contribution in [2.45, 2.75) is 43.4 Å². The summed E-state index contributed by atoms with van der Waals surface area (Å²) in [6.07, 6.45) is 4.91. The van der Waals surface area contributed by atoms with Crippen LogP contribution in [0.4, 0.5) is 0 Å². The van der Waals surface area contributed by atoms with Crippen LogP contribution in [0.25, 0.3) is 0 Å². The van der Waals surface area contributed by atoms with Crippen LogP contribution in [0.3, 0.4) is 0 Å². The smallest absolute Gasteiger partial charge is 0.0713 e. The molecule has 2 atom stereocenters. The van der Waals surface area contributed by atoms with E-state index in [0.29, 0.717) is 12.1 Å². The number of thioether (sulfide) groups is 1. The van der Waals surface area contributed by atoms with Crippen LogP contribution in [0.5, 0.6) is 0 Å². The van der Waals surface area contributed by atoms with E-state index < -0.39 is 0 Å². The van der Waals surface area contributed by atoms with Gasteiger partial charge in [-0.05, 0) is 44.2 Å². The summed E-state index contributed by atoms with van der Waals surface area (Å²) in [5, 5.41) is 0. The minimum Gasteiger partial charge on any atom is -0.375 e. The van der Waals surface area contributed by atoms with Gasteiger partial charge in [0, 0.05) is 44.9 Å². The van der Waals surface area contributed by atoms with Crippen LogP contribution < -0.4 is 5.73 Å². The van der Waals surface area contributed by atoms with Gasteiger partial charge >= 0.3 is 0 Å². The van der Waals surface area contributed by atoms with E-state index in [2.05, 4.69) is 28.6 Å². The lowest BCUT2D eigenvalue weighted by molar-refractivity contribution is -0.119. The predicted molar refractivity (Wildman–Crippen MR) is 85.3 cm³/mol. The third kappa shape index (κ3) is 3.17. The monoisotopic (exact) mass is 299 g/mol. The molecule has 5 heteroatoms. The number of likely N-dealkylation sites (N-methyl/N-ethyl adjacent to an activating group) is 1. The standard InChI is InChI=1S/C15H29N3OS/c1-17-5-6-18(14(11-16)12-17)13-2-7-19-15(10-13)3-8-20-9-4-15/h13-14H,2-12,16H2,1H3. The molecule has 0 aromatic heterocycles. The maximum Gasteiger partial charge on any atom is 0.0713 e. The predicted octanol–water partition coefficient (Wildman–Crippen LogP) is 1.01. The molecule has 3 aliphatic heterocycles. The fraction of sp³-hybridized carbons (Fsp3) is 1.00. The molecule has 0 saturated carbocycles. The molecule has 4 nitrogen and oxygen atoms in total. The van der Waals surface area contributed by atoms with Crippen molar-refractivity contribution in [1.29, 1.82) is 0 Å². The van der Waals surface area contributed by atoms with Gasteiger partial charge in [0.15, 0.2) is 0 Å². The first-order chi connectivity index (χ1) is 9.72. The molecule has 0 amide bonds. The average molecular weight is 299 g/mol. The van der Waals surface area contributed by atoms with Crippen molar-refractivity contribution in [2.24, 2.45) is 5.73 Å². The normalized spacial score (nSPS) is 36.3. The van der Waals surface area contributed by atoms with E-state index in [9.17, 15) is 0 Å². The number of hydrogen-bond acceptors (Lipinski definition) is 5. The van der Waals surface area contributed by atoms with E-state index in [1.54, 1.807) is 0 Å². The van der Waals surface area contributed by atoms with E-state index in [-0.39, 0.29) is 5.60 Å². The van der Waals surface area contributed by atoms with Gasteiger partial charge in [0.05, 0.1) is 5.60 Å². The molecule has 0 aliphatic carbocycles. The van der Waals surface area contributed by atoms with Gasteiger partial charge in [-0.2, -0.15) is 11.8 Å². The molecular weight excluding hydrogens is 270 g/mol. The van der Waals surface area contributed by atoms with Gasteiger partial charge in [-0.3, -0.25) is 4.90 Å². The second-order valence-corrected chi connectivity index (χ2v) is 7.90. The van der Waals surface area contributed by atoms with E-state index in [1.807, 2.05) is 0 Å². The summed E-state index contributed by atoms with van der Waals surface area (Å²) < 4.78 is 6.24. The fourth-order valence-electron chi connectivity index (χ4n) is 4.09. The third-order valence-corrected chi connectivity index (χ3v) is 6.33. The second-order valence-electron chi connectivity index (χ2n) is 6.68. The molecule has 1 spiro atoms. The Morgan fingerprint density at radius 1 is 1.30 bits per heavy atom. The van der Waals surface area contributed by atoms with E-state index in [1.165, 1.54) is 50.3 Å². The molecule has 3 aliphatic rings. The zero-order valence-electron chi connectivity index (χ0n) is 12.7. The Balaban J connectivity index is 1.66. The summed E-state index contributed by atoms with van der Waals surface area (Å²) in [6, 6.07) is 1.22. The average Bonchev–Trinajstić information content (AvgIpc) is 2.48. The lowest BCUT2D eigenvalue weighted by Gasteiger charge is -2.50. The summed E-state index contributed by atoms with van der Waals surface area (Å²) in [6.45, 7) is 5.20. The van der Waals surface area contributed by atoms with Crippen molar-refractivity contribution in [3.05, 3.63) is 0 Å². The Bertz CT molecular complexity index is 317. The number of hydrogen-bond donors (Lipinski definition) is 1. The number of nitrogens with zero attached hydrogens (tertiary/aromatic N) is 2.